The molecule has 1 heterocycles. The van der Waals surface area contributed by atoms with Gasteiger partial charge in [0.05, 0.1) is 32.5 Å². The first-order valence-corrected chi connectivity index (χ1v) is 8.34. The Morgan fingerprint density at radius 3 is 2.18 bits per heavy atom. The number of rotatable bonds is 7. The van der Waals surface area contributed by atoms with Crippen LogP contribution in [0.25, 0.3) is 10.9 Å². The number of fused-ring (bicyclic) bond motifs is 1. The van der Waals surface area contributed by atoms with Crippen LogP contribution in [0.4, 0.5) is 0 Å². The van der Waals surface area contributed by atoms with Gasteiger partial charge in [-0.1, -0.05) is 6.07 Å². The van der Waals surface area contributed by atoms with E-state index in [9.17, 15) is 14.7 Å². The minimum atomic E-state index is -1.05. The van der Waals surface area contributed by atoms with E-state index in [4.69, 9.17) is 19.9 Å². The van der Waals surface area contributed by atoms with Crippen molar-refractivity contribution in [2.45, 2.75) is 6.54 Å². The molecule has 8 nitrogen and oxygen atoms in total. The normalized spacial score (nSPS) is 10.7. The third-order valence-corrected chi connectivity index (χ3v) is 4.47. The average Bonchev–Trinajstić information content (AvgIpc) is 3.05. The van der Waals surface area contributed by atoms with E-state index in [1.54, 1.807) is 29.0 Å². The lowest BCUT2D eigenvalue weighted by atomic mass is 10.1. The Morgan fingerprint density at radius 1 is 1.04 bits per heavy atom. The molecule has 28 heavy (non-hydrogen) atoms. The highest BCUT2D eigenvalue weighted by Crippen LogP contribution is 2.38. The number of carboxylic acid groups (broad SMARTS) is 1. The van der Waals surface area contributed by atoms with Gasteiger partial charge < -0.3 is 29.6 Å². The summed E-state index contributed by atoms with van der Waals surface area (Å²) in [5.41, 5.74) is 7.32. The molecule has 0 atom stereocenters. The van der Waals surface area contributed by atoms with Gasteiger partial charge in [-0.05, 0) is 29.8 Å². The number of methoxy groups -OCH3 is 3. The molecule has 3 rings (SSSR count). The Balaban J connectivity index is 2.15. The van der Waals surface area contributed by atoms with Crippen molar-refractivity contribution >= 4 is 22.8 Å². The van der Waals surface area contributed by atoms with Crippen LogP contribution in [0, 0.1) is 0 Å². The maximum atomic E-state index is 11.8. The van der Waals surface area contributed by atoms with E-state index in [0.29, 0.717) is 40.3 Å². The molecule has 2 aromatic carbocycles. The lowest BCUT2D eigenvalue weighted by Gasteiger charge is -2.15. The van der Waals surface area contributed by atoms with Crippen LogP contribution >= 0.6 is 0 Å². The first kappa shape index (κ1) is 19.1. The van der Waals surface area contributed by atoms with E-state index in [2.05, 4.69) is 0 Å². The van der Waals surface area contributed by atoms with Crippen LogP contribution in [0.2, 0.25) is 0 Å². The maximum absolute atomic E-state index is 11.8. The zero-order chi connectivity index (χ0) is 20.4. The van der Waals surface area contributed by atoms with Crippen molar-refractivity contribution in [3.05, 3.63) is 53.2 Å². The van der Waals surface area contributed by atoms with E-state index in [1.807, 2.05) is 0 Å². The molecule has 0 aliphatic heterocycles. The molecule has 0 bridgehead atoms. The molecule has 0 saturated heterocycles. The van der Waals surface area contributed by atoms with Gasteiger partial charge in [-0.25, -0.2) is 4.79 Å². The molecule has 1 amide bonds. The number of aromatic carboxylic acids is 1. The molecule has 0 fully saturated rings. The summed E-state index contributed by atoms with van der Waals surface area (Å²) in [5.74, 6) is -0.179. The molecule has 146 valence electrons. The number of nitrogens with two attached hydrogens (primary N) is 1. The Bertz CT molecular complexity index is 1040. The van der Waals surface area contributed by atoms with E-state index < -0.39 is 11.9 Å². The second-order valence-corrected chi connectivity index (χ2v) is 6.11. The van der Waals surface area contributed by atoms with Gasteiger partial charge >= 0.3 is 5.97 Å². The van der Waals surface area contributed by atoms with Crippen LogP contribution < -0.4 is 19.9 Å². The Hall–Kier alpha value is -3.68. The zero-order valence-electron chi connectivity index (χ0n) is 15.7. The first-order chi connectivity index (χ1) is 13.4. The minimum Gasteiger partial charge on any atom is -0.493 e. The predicted molar refractivity (Wildman–Crippen MR) is 103 cm³/mol. The monoisotopic (exact) mass is 384 g/mol. The molecule has 0 radical (unpaired) electrons. The van der Waals surface area contributed by atoms with Gasteiger partial charge in [0.2, 0.25) is 5.75 Å². The number of carboxylic acids is 1. The summed E-state index contributed by atoms with van der Waals surface area (Å²) in [4.78, 5) is 23.2. The molecule has 8 heteroatoms. The van der Waals surface area contributed by atoms with Gasteiger partial charge in [-0.15, -0.1) is 0 Å². The summed E-state index contributed by atoms with van der Waals surface area (Å²) in [5, 5.41) is 9.88. The third-order valence-electron chi connectivity index (χ3n) is 4.47. The molecule has 1 aromatic heterocycles. The van der Waals surface area contributed by atoms with Crippen molar-refractivity contribution in [3.63, 3.8) is 0 Å². The average molecular weight is 384 g/mol. The molecule has 0 aliphatic carbocycles. The molecule has 3 aromatic rings. The quantitative estimate of drug-likeness (QED) is 0.647. The van der Waals surface area contributed by atoms with Gasteiger partial charge in [-0.2, -0.15) is 0 Å². The summed E-state index contributed by atoms with van der Waals surface area (Å²) in [7, 11) is 4.57. The van der Waals surface area contributed by atoms with Crippen molar-refractivity contribution < 1.29 is 28.9 Å². The molecule has 3 N–H and O–H groups in total. The Labute approximate surface area is 161 Å². The fourth-order valence-corrected chi connectivity index (χ4v) is 3.18. The maximum Gasteiger partial charge on any atom is 0.335 e. The van der Waals surface area contributed by atoms with Crippen LogP contribution in [0.5, 0.6) is 17.2 Å². The number of hydrogen-bond acceptors (Lipinski definition) is 5. The number of aromatic nitrogens is 1. The fourth-order valence-electron chi connectivity index (χ4n) is 3.18. The van der Waals surface area contributed by atoms with Crippen LogP contribution in [0.15, 0.2) is 36.5 Å². The van der Waals surface area contributed by atoms with Crippen LogP contribution in [-0.2, 0) is 6.54 Å². The number of hydrogen-bond donors (Lipinski definition) is 2. The van der Waals surface area contributed by atoms with Crippen molar-refractivity contribution in [2.24, 2.45) is 5.73 Å². The number of carbonyl (C=O) groups excluding carboxylic acids is 1. The number of amides is 1. The molecule has 0 unspecified atom stereocenters. The van der Waals surface area contributed by atoms with Gasteiger partial charge in [0.25, 0.3) is 5.91 Å². The summed E-state index contributed by atoms with van der Waals surface area (Å²) < 4.78 is 17.8. The SMILES string of the molecule is COc1cc(Cn2cc(C(N)=O)c3ccc(C(=O)O)cc32)cc(OC)c1OC. The molecular weight excluding hydrogens is 364 g/mol. The van der Waals surface area contributed by atoms with Crippen LogP contribution in [-0.4, -0.2) is 42.9 Å². The summed E-state index contributed by atoms with van der Waals surface area (Å²) in [6.07, 6.45) is 1.61. The van der Waals surface area contributed by atoms with E-state index >= 15 is 0 Å². The number of nitrogens with zero attached hydrogens (tertiary/aromatic N) is 1. The summed E-state index contributed by atoms with van der Waals surface area (Å²) in [6.45, 7) is 0.337. The lowest BCUT2D eigenvalue weighted by Crippen LogP contribution is -2.10. The van der Waals surface area contributed by atoms with Crippen LogP contribution in [0.1, 0.15) is 26.3 Å². The largest absolute Gasteiger partial charge is 0.493 e. The van der Waals surface area contributed by atoms with Gasteiger partial charge in [0.15, 0.2) is 11.5 Å². The summed E-state index contributed by atoms with van der Waals surface area (Å²) in [6, 6.07) is 8.13. The third kappa shape index (κ3) is 3.32. The molecule has 0 spiro atoms. The van der Waals surface area contributed by atoms with Crippen LogP contribution in [0.3, 0.4) is 0 Å². The van der Waals surface area contributed by atoms with Crippen molar-refractivity contribution in [1.29, 1.82) is 0 Å². The number of ether oxygens (including phenoxy) is 3. The van der Waals surface area contributed by atoms with Gasteiger partial charge in [-0.3, -0.25) is 4.79 Å². The zero-order valence-corrected chi connectivity index (χ0v) is 15.7. The molecular formula is C20H20N2O6. The highest BCUT2D eigenvalue weighted by atomic mass is 16.5. The molecule has 0 aliphatic rings. The predicted octanol–water partition coefficient (Wildman–Crippen LogP) is 2.51. The highest BCUT2D eigenvalue weighted by Gasteiger charge is 2.17. The smallest absolute Gasteiger partial charge is 0.335 e. The van der Waals surface area contributed by atoms with Crippen molar-refractivity contribution in [3.8, 4) is 17.2 Å². The second kappa shape index (κ2) is 7.51. The Morgan fingerprint density at radius 2 is 1.68 bits per heavy atom. The van der Waals surface area contributed by atoms with Gasteiger partial charge in [0.1, 0.15) is 0 Å². The molecule has 0 saturated carbocycles. The lowest BCUT2D eigenvalue weighted by molar-refractivity contribution is 0.0696. The highest BCUT2D eigenvalue weighted by molar-refractivity contribution is 6.07. The van der Waals surface area contributed by atoms with E-state index in [1.165, 1.54) is 33.5 Å². The van der Waals surface area contributed by atoms with Gasteiger partial charge in [0, 0.05) is 23.6 Å². The fraction of sp³-hybridized carbons (Fsp3) is 0.200. The topological polar surface area (TPSA) is 113 Å². The summed E-state index contributed by atoms with van der Waals surface area (Å²) >= 11 is 0. The standard InChI is InChI=1S/C20H20N2O6/c1-26-16-6-11(7-17(27-2)18(16)28-3)9-22-10-14(19(21)23)13-5-4-12(20(24)25)8-15(13)22/h4-8,10H,9H2,1-3H3,(H2,21,23)(H,24,25). The van der Waals surface area contributed by atoms with E-state index in [-0.39, 0.29) is 5.56 Å². The van der Waals surface area contributed by atoms with E-state index in [0.717, 1.165) is 5.56 Å². The number of primary amides is 1. The first-order valence-electron chi connectivity index (χ1n) is 8.34. The number of benzene rings is 2. The Kier molecular flexibility index (Phi) is 5.12. The van der Waals surface area contributed by atoms with Crippen molar-refractivity contribution in [1.82, 2.24) is 4.57 Å². The minimum absolute atomic E-state index is 0.118. The second-order valence-electron chi connectivity index (χ2n) is 6.11. The van der Waals surface area contributed by atoms with Crippen molar-refractivity contribution in [2.75, 3.05) is 21.3 Å². The number of carbonyl (C=O) groups is 2.